The number of benzene rings is 2. The van der Waals surface area contributed by atoms with E-state index in [9.17, 15) is 13.2 Å². The first-order valence-corrected chi connectivity index (χ1v) is 12.3. The van der Waals surface area contributed by atoms with Gasteiger partial charge in [-0.1, -0.05) is 56.8 Å². The largest absolute Gasteiger partial charge is 0.325 e. The number of sulfonamides is 1. The van der Waals surface area contributed by atoms with Crippen molar-refractivity contribution in [2.75, 3.05) is 11.9 Å². The van der Waals surface area contributed by atoms with E-state index in [4.69, 9.17) is 11.6 Å². The normalized spacial score (nSPS) is 15.5. The smallest absolute Gasteiger partial charge is 0.243 e. The van der Waals surface area contributed by atoms with Gasteiger partial charge in [-0.25, -0.2) is 8.42 Å². The summed E-state index contributed by atoms with van der Waals surface area (Å²) in [7, 11) is -3.81. The number of carbonyl (C=O) groups is 1. The summed E-state index contributed by atoms with van der Waals surface area (Å²) < 4.78 is 28.1. The lowest BCUT2D eigenvalue weighted by molar-refractivity contribution is -0.116. The van der Waals surface area contributed by atoms with E-state index in [1.807, 2.05) is 24.3 Å². The third kappa shape index (κ3) is 5.62. The number of hydrogen-bond donors (Lipinski definition) is 1. The third-order valence-corrected chi connectivity index (χ3v) is 7.73. The van der Waals surface area contributed by atoms with Crippen molar-refractivity contribution in [3.63, 3.8) is 0 Å². The summed E-state index contributed by atoms with van der Waals surface area (Å²) in [6.07, 6.45) is 4.57. The van der Waals surface area contributed by atoms with Crippen molar-refractivity contribution in [3.8, 4) is 0 Å². The Morgan fingerprint density at radius 1 is 1.03 bits per heavy atom. The molecule has 0 radical (unpaired) electrons. The van der Waals surface area contributed by atoms with E-state index >= 15 is 0 Å². The van der Waals surface area contributed by atoms with Crippen LogP contribution in [0.25, 0.3) is 0 Å². The Morgan fingerprint density at radius 3 is 2.20 bits per heavy atom. The Morgan fingerprint density at radius 2 is 1.63 bits per heavy atom. The van der Waals surface area contributed by atoms with E-state index in [1.54, 1.807) is 12.1 Å². The van der Waals surface area contributed by atoms with Crippen molar-refractivity contribution in [2.24, 2.45) is 0 Å². The Kier molecular flexibility index (Phi) is 7.55. The topological polar surface area (TPSA) is 66.5 Å². The molecule has 0 saturated heterocycles. The molecule has 1 aliphatic carbocycles. The fraction of sp³-hybridized carbons (Fsp3) is 0.435. The highest BCUT2D eigenvalue weighted by molar-refractivity contribution is 7.89. The van der Waals surface area contributed by atoms with Crippen LogP contribution < -0.4 is 5.32 Å². The number of rotatable bonds is 7. The summed E-state index contributed by atoms with van der Waals surface area (Å²) in [6, 6.07) is 13.6. The van der Waals surface area contributed by atoms with Crippen molar-refractivity contribution in [1.82, 2.24) is 4.31 Å². The molecule has 1 saturated carbocycles. The SMILES string of the molecule is CC(C)c1ccc(NC(=O)CN(C2CCCCC2)S(=O)(=O)c2ccc(Cl)cc2)cc1. The lowest BCUT2D eigenvalue weighted by Gasteiger charge is -2.33. The standard InChI is InChI=1S/C23H29ClN2O3S/c1-17(2)18-8-12-20(13-9-18)25-23(27)16-26(21-6-4-3-5-7-21)30(28,29)22-14-10-19(24)11-15-22/h8-15,17,21H,3-7,16H2,1-2H3,(H,25,27). The van der Waals surface area contributed by atoms with Crippen LogP contribution in [0.2, 0.25) is 5.02 Å². The predicted octanol–water partition coefficient (Wildman–Crippen LogP) is 5.43. The first-order valence-electron chi connectivity index (χ1n) is 10.4. The van der Waals surface area contributed by atoms with Crippen molar-refractivity contribution in [1.29, 1.82) is 0 Å². The zero-order chi connectivity index (χ0) is 21.7. The lowest BCUT2D eigenvalue weighted by atomic mass is 9.95. The molecule has 1 aliphatic rings. The number of halogens is 1. The first-order chi connectivity index (χ1) is 14.3. The summed E-state index contributed by atoms with van der Waals surface area (Å²) in [5, 5.41) is 3.32. The molecule has 0 aliphatic heterocycles. The molecule has 3 rings (SSSR count). The third-order valence-electron chi connectivity index (χ3n) is 5.56. The van der Waals surface area contributed by atoms with Crippen molar-refractivity contribution in [2.45, 2.75) is 62.8 Å². The molecule has 5 nitrogen and oxygen atoms in total. The van der Waals surface area contributed by atoms with Gasteiger partial charge in [0.25, 0.3) is 0 Å². The zero-order valence-electron chi connectivity index (χ0n) is 17.5. The van der Waals surface area contributed by atoms with Crippen LogP contribution in [-0.2, 0) is 14.8 Å². The second kappa shape index (κ2) is 9.94. The molecular formula is C23H29ClN2O3S. The summed E-state index contributed by atoms with van der Waals surface area (Å²) in [4.78, 5) is 12.9. The fourth-order valence-corrected chi connectivity index (χ4v) is 5.58. The van der Waals surface area contributed by atoms with Crippen LogP contribution in [-0.4, -0.2) is 31.2 Å². The van der Waals surface area contributed by atoms with Gasteiger partial charge in [0.1, 0.15) is 0 Å². The number of nitrogens with zero attached hydrogens (tertiary/aromatic N) is 1. The van der Waals surface area contributed by atoms with Crippen molar-refractivity contribution < 1.29 is 13.2 Å². The highest BCUT2D eigenvalue weighted by Crippen LogP contribution is 2.28. The minimum absolute atomic E-state index is 0.159. The van der Waals surface area contributed by atoms with Crippen LogP contribution in [0.1, 0.15) is 57.4 Å². The van der Waals surface area contributed by atoms with E-state index in [2.05, 4.69) is 19.2 Å². The maximum Gasteiger partial charge on any atom is 0.243 e. The molecular weight excluding hydrogens is 420 g/mol. The molecule has 0 bridgehead atoms. The molecule has 2 aromatic rings. The van der Waals surface area contributed by atoms with Crippen LogP contribution in [0.4, 0.5) is 5.69 Å². The number of amides is 1. The minimum Gasteiger partial charge on any atom is -0.325 e. The van der Waals surface area contributed by atoms with E-state index in [0.717, 1.165) is 32.1 Å². The van der Waals surface area contributed by atoms with Gasteiger partial charge in [-0.2, -0.15) is 4.31 Å². The fourth-order valence-electron chi connectivity index (χ4n) is 3.81. The van der Waals surface area contributed by atoms with Crippen LogP contribution >= 0.6 is 11.6 Å². The molecule has 0 atom stereocenters. The van der Waals surface area contributed by atoms with Gasteiger partial charge in [0.05, 0.1) is 11.4 Å². The molecule has 0 unspecified atom stereocenters. The number of anilines is 1. The summed E-state index contributed by atoms with van der Waals surface area (Å²) in [6.45, 7) is 4.01. The molecule has 1 amide bonds. The molecule has 1 fully saturated rings. The van der Waals surface area contributed by atoms with Gasteiger partial charge in [-0.15, -0.1) is 0 Å². The van der Waals surface area contributed by atoms with E-state index in [0.29, 0.717) is 16.6 Å². The van der Waals surface area contributed by atoms with Crippen molar-refractivity contribution >= 4 is 33.2 Å². The van der Waals surface area contributed by atoms with Gasteiger partial charge < -0.3 is 5.32 Å². The Balaban J connectivity index is 1.80. The molecule has 7 heteroatoms. The lowest BCUT2D eigenvalue weighted by Crippen LogP contribution is -2.45. The van der Waals surface area contributed by atoms with Crippen molar-refractivity contribution in [3.05, 3.63) is 59.1 Å². The van der Waals surface area contributed by atoms with E-state index in [-0.39, 0.29) is 23.4 Å². The number of nitrogens with one attached hydrogen (secondary N) is 1. The van der Waals surface area contributed by atoms with Crippen LogP contribution in [0.5, 0.6) is 0 Å². The van der Waals surface area contributed by atoms with E-state index < -0.39 is 10.0 Å². The average Bonchev–Trinajstić information content (AvgIpc) is 2.73. The van der Waals surface area contributed by atoms with Gasteiger partial charge in [0.15, 0.2) is 0 Å². The summed E-state index contributed by atoms with van der Waals surface area (Å²) in [5.41, 5.74) is 1.85. The minimum atomic E-state index is -3.81. The van der Waals surface area contributed by atoms with Gasteiger partial charge in [0.2, 0.25) is 15.9 Å². The second-order valence-electron chi connectivity index (χ2n) is 8.12. The maximum atomic E-state index is 13.4. The predicted molar refractivity (Wildman–Crippen MR) is 121 cm³/mol. The molecule has 1 N–H and O–H groups in total. The van der Waals surface area contributed by atoms with Crippen LogP contribution in [0.15, 0.2) is 53.4 Å². The quantitative estimate of drug-likeness (QED) is 0.614. The number of carbonyl (C=O) groups excluding carboxylic acids is 1. The summed E-state index contributed by atoms with van der Waals surface area (Å²) in [5.74, 6) is 0.0662. The second-order valence-corrected chi connectivity index (χ2v) is 10.4. The molecule has 2 aromatic carbocycles. The van der Waals surface area contributed by atoms with Crippen LogP contribution in [0.3, 0.4) is 0 Å². The molecule has 0 heterocycles. The van der Waals surface area contributed by atoms with E-state index in [1.165, 1.54) is 22.0 Å². The molecule has 0 aromatic heterocycles. The maximum absolute atomic E-state index is 13.4. The Bertz CT molecular complexity index is 951. The molecule has 162 valence electrons. The highest BCUT2D eigenvalue weighted by atomic mass is 35.5. The van der Waals surface area contributed by atoms with Crippen LogP contribution in [0, 0.1) is 0 Å². The Hall–Kier alpha value is -1.89. The molecule has 30 heavy (non-hydrogen) atoms. The van der Waals surface area contributed by atoms with Gasteiger partial charge in [-0.05, 0) is 60.7 Å². The average molecular weight is 449 g/mol. The van der Waals surface area contributed by atoms with Gasteiger partial charge in [0, 0.05) is 16.8 Å². The molecule has 0 spiro atoms. The zero-order valence-corrected chi connectivity index (χ0v) is 19.0. The van der Waals surface area contributed by atoms with Gasteiger partial charge >= 0.3 is 0 Å². The monoisotopic (exact) mass is 448 g/mol. The van der Waals surface area contributed by atoms with Gasteiger partial charge in [-0.3, -0.25) is 4.79 Å². The Labute approximate surface area is 184 Å². The highest BCUT2D eigenvalue weighted by Gasteiger charge is 2.34. The first kappa shape index (κ1) is 22.8. The number of hydrogen-bond acceptors (Lipinski definition) is 3. The summed E-state index contributed by atoms with van der Waals surface area (Å²) >= 11 is 5.92.